The van der Waals surface area contributed by atoms with Gasteiger partial charge < -0.3 is 9.73 Å². The second-order valence-electron chi connectivity index (χ2n) is 5.59. The molecule has 3 rings (SSSR count). The normalized spacial score (nSPS) is 10.6. The maximum atomic E-state index is 11.9. The number of hydrogen-bond acceptors (Lipinski definition) is 4. The highest BCUT2D eigenvalue weighted by Gasteiger charge is 2.06. The van der Waals surface area contributed by atoms with Crippen LogP contribution in [0.3, 0.4) is 0 Å². The third-order valence-electron chi connectivity index (χ3n) is 3.77. The van der Waals surface area contributed by atoms with E-state index in [2.05, 4.69) is 10.4 Å². The highest BCUT2D eigenvalue weighted by molar-refractivity contribution is 5.76. The van der Waals surface area contributed by atoms with Gasteiger partial charge in [-0.3, -0.25) is 9.59 Å². The largest absolute Gasteiger partial charge is 0.463 e. The standard InChI is InChI=1S/C19H19N3O3/c23-18(10-8-15-5-2-1-3-6-15)20-12-13-22-19(24)11-9-16(21-22)17-7-4-14-25-17/h1-7,9,11,14H,8,10,12-13H2,(H,20,23). The van der Waals surface area contributed by atoms with E-state index in [1.807, 2.05) is 30.3 Å². The van der Waals surface area contributed by atoms with Gasteiger partial charge in [0.25, 0.3) is 5.56 Å². The molecule has 0 fully saturated rings. The predicted molar refractivity (Wildman–Crippen MR) is 94.0 cm³/mol. The van der Waals surface area contributed by atoms with Crippen LogP contribution in [0.5, 0.6) is 0 Å². The molecule has 0 saturated heterocycles. The molecule has 1 aromatic carbocycles. The van der Waals surface area contributed by atoms with E-state index in [1.165, 1.54) is 10.7 Å². The molecule has 0 saturated carbocycles. The Hall–Kier alpha value is -3.15. The lowest BCUT2D eigenvalue weighted by Gasteiger charge is -2.08. The zero-order valence-electron chi connectivity index (χ0n) is 13.7. The number of carbonyl (C=O) groups is 1. The number of nitrogens with one attached hydrogen (secondary N) is 1. The minimum absolute atomic E-state index is 0.0425. The maximum absolute atomic E-state index is 11.9. The molecule has 0 aliphatic heterocycles. The molecule has 0 unspecified atom stereocenters. The second-order valence-corrected chi connectivity index (χ2v) is 5.59. The van der Waals surface area contributed by atoms with Gasteiger partial charge in [0.2, 0.25) is 5.91 Å². The topological polar surface area (TPSA) is 77.1 Å². The fourth-order valence-electron chi connectivity index (χ4n) is 2.46. The van der Waals surface area contributed by atoms with E-state index in [-0.39, 0.29) is 11.5 Å². The first-order valence-electron chi connectivity index (χ1n) is 8.15. The molecule has 1 N–H and O–H groups in total. The van der Waals surface area contributed by atoms with Crippen LogP contribution in [0.1, 0.15) is 12.0 Å². The molecule has 25 heavy (non-hydrogen) atoms. The first kappa shape index (κ1) is 16.7. The predicted octanol–water partition coefficient (Wildman–Crippen LogP) is 2.25. The van der Waals surface area contributed by atoms with Gasteiger partial charge >= 0.3 is 0 Å². The molecule has 6 heteroatoms. The molecule has 2 aromatic heterocycles. The van der Waals surface area contributed by atoms with Crippen LogP contribution < -0.4 is 10.9 Å². The smallest absolute Gasteiger partial charge is 0.266 e. The maximum Gasteiger partial charge on any atom is 0.266 e. The highest BCUT2D eigenvalue weighted by Crippen LogP contribution is 2.14. The SMILES string of the molecule is O=C(CCc1ccccc1)NCCn1nc(-c2ccco2)ccc1=O. The molecule has 0 aliphatic carbocycles. The Morgan fingerprint density at radius 1 is 1.08 bits per heavy atom. The highest BCUT2D eigenvalue weighted by atomic mass is 16.3. The van der Waals surface area contributed by atoms with Crippen LogP contribution in [-0.4, -0.2) is 22.2 Å². The number of carbonyl (C=O) groups excluding carboxylic acids is 1. The fourth-order valence-corrected chi connectivity index (χ4v) is 2.46. The summed E-state index contributed by atoms with van der Waals surface area (Å²) in [5, 5.41) is 7.09. The van der Waals surface area contributed by atoms with E-state index < -0.39 is 0 Å². The van der Waals surface area contributed by atoms with Crippen molar-refractivity contribution in [1.82, 2.24) is 15.1 Å². The molecular formula is C19H19N3O3. The van der Waals surface area contributed by atoms with E-state index in [0.717, 1.165) is 5.56 Å². The molecule has 0 radical (unpaired) electrons. The molecule has 3 aromatic rings. The van der Waals surface area contributed by atoms with Gasteiger partial charge in [0, 0.05) is 19.0 Å². The van der Waals surface area contributed by atoms with Crippen LogP contribution in [0.2, 0.25) is 0 Å². The van der Waals surface area contributed by atoms with Crippen molar-refractivity contribution in [2.75, 3.05) is 6.54 Å². The summed E-state index contributed by atoms with van der Waals surface area (Å²) in [6.45, 7) is 0.659. The molecule has 0 aliphatic rings. The number of rotatable bonds is 7. The molecule has 1 amide bonds. The van der Waals surface area contributed by atoms with Crippen molar-refractivity contribution in [3.63, 3.8) is 0 Å². The van der Waals surface area contributed by atoms with E-state index in [1.54, 1.807) is 24.5 Å². The number of amides is 1. The van der Waals surface area contributed by atoms with Crippen molar-refractivity contribution in [2.24, 2.45) is 0 Å². The van der Waals surface area contributed by atoms with Gasteiger partial charge in [0.1, 0.15) is 5.69 Å². The third kappa shape index (κ3) is 4.67. The first-order chi connectivity index (χ1) is 12.2. The van der Waals surface area contributed by atoms with Crippen LogP contribution >= 0.6 is 0 Å². The van der Waals surface area contributed by atoms with E-state index in [0.29, 0.717) is 37.4 Å². The first-order valence-corrected chi connectivity index (χ1v) is 8.15. The van der Waals surface area contributed by atoms with Gasteiger partial charge in [-0.15, -0.1) is 0 Å². The lowest BCUT2D eigenvalue weighted by Crippen LogP contribution is -2.32. The van der Waals surface area contributed by atoms with E-state index in [9.17, 15) is 9.59 Å². The van der Waals surface area contributed by atoms with E-state index >= 15 is 0 Å². The summed E-state index contributed by atoms with van der Waals surface area (Å²) in [5.41, 5.74) is 1.50. The van der Waals surface area contributed by atoms with Gasteiger partial charge in [0.05, 0.1) is 12.8 Å². The average Bonchev–Trinajstić information content (AvgIpc) is 3.17. The summed E-state index contributed by atoms with van der Waals surface area (Å²) in [4.78, 5) is 23.8. The van der Waals surface area contributed by atoms with Crippen LogP contribution in [0.25, 0.3) is 11.5 Å². The fraction of sp³-hybridized carbons (Fsp3) is 0.211. The molecule has 0 spiro atoms. The third-order valence-corrected chi connectivity index (χ3v) is 3.77. The average molecular weight is 337 g/mol. The van der Waals surface area contributed by atoms with Gasteiger partial charge in [-0.1, -0.05) is 30.3 Å². The number of benzene rings is 1. The summed E-state index contributed by atoms with van der Waals surface area (Å²) < 4.78 is 6.61. The molecular weight excluding hydrogens is 318 g/mol. The van der Waals surface area contributed by atoms with Crippen molar-refractivity contribution in [3.8, 4) is 11.5 Å². The van der Waals surface area contributed by atoms with Crippen molar-refractivity contribution < 1.29 is 9.21 Å². The van der Waals surface area contributed by atoms with Gasteiger partial charge in [-0.2, -0.15) is 5.10 Å². The lowest BCUT2D eigenvalue weighted by atomic mass is 10.1. The Balaban J connectivity index is 1.51. The van der Waals surface area contributed by atoms with Gasteiger partial charge in [0.15, 0.2) is 5.76 Å². The zero-order valence-corrected chi connectivity index (χ0v) is 13.7. The minimum atomic E-state index is -0.214. The van der Waals surface area contributed by atoms with Crippen molar-refractivity contribution >= 4 is 5.91 Å². The minimum Gasteiger partial charge on any atom is -0.463 e. The molecule has 0 atom stereocenters. The number of aromatic nitrogens is 2. The zero-order chi connectivity index (χ0) is 17.5. The van der Waals surface area contributed by atoms with Crippen LogP contribution in [0.4, 0.5) is 0 Å². The second kappa shape index (κ2) is 8.10. The quantitative estimate of drug-likeness (QED) is 0.717. The Kier molecular flexibility index (Phi) is 5.41. The number of furan rings is 1. The summed E-state index contributed by atoms with van der Waals surface area (Å²) in [6.07, 6.45) is 2.66. The lowest BCUT2D eigenvalue weighted by molar-refractivity contribution is -0.121. The van der Waals surface area contributed by atoms with Crippen molar-refractivity contribution in [1.29, 1.82) is 0 Å². The monoisotopic (exact) mass is 337 g/mol. The Morgan fingerprint density at radius 2 is 1.92 bits per heavy atom. The summed E-state index contributed by atoms with van der Waals surface area (Å²) >= 11 is 0. The number of hydrogen-bond donors (Lipinski definition) is 1. The van der Waals surface area contributed by atoms with Crippen LogP contribution in [-0.2, 0) is 17.8 Å². The van der Waals surface area contributed by atoms with Gasteiger partial charge in [-0.25, -0.2) is 4.68 Å². The summed E-state index contributed by atoms with van der Waals surface area (Å²) in [5.74, 6) is 0.555. The molecule has 2 heterocycles. The Bertz CT molecular complexity index is 870. The Labute approximate surface area is 145 Å². The molecule has 128 valence electrons. The molecule has 6 nitrogen and oxygen atoms in total. The number of nitrogens with zero attached hydrogens (tertiary/aromatic N) is 2. The Morgan fingerprint density at radius 3 is 2.68 bits per heavy atom. The van der Waals surface area contributed by atoms with Crippen LogP contribution in [0.15, 0.2) is 70.1 Å². The van der Waals surface area contributed by atoms with Crippen LogP contribution in [0, 0.1) is 0 Å². The van der Waals surface area contributed by atoms with Crippen molar-refractivity contribution in [3.05, 3.63) is 76.8 Å². The van der Waals surface area contributed by atoms with Gasteiger partial charge in [-0.05, 0) is 30.2 Å². The van der Waals surface area contributed by atoms with Crippen molar-refractivity contribution in [2.45, 2.75) is 19.4 Å². The summed E-state index contributed by atoms with van der Waals surface area (Å²) in [6, 6.07) is 16.5. The van der Waals surface area contributed by atoms with E-state index in [4.69, 9.17) is 4.42 Å². The summed E-state index contributed by atoms with van der Waals surface area (Å²) in [7, 11) is 0. The molecule has 0 bridgehead atoms. The number of aryl methyl sites for hydroxylation is 1.